The first kappa shape index (κ1) is 21.5. The molecule has 0 unspecified atom stereocenters. The number of hydrogen-bond donors (Lipinski definition) is 1. The fourth-order valence-electron chi connectivity index (χ4n) is 3.72. The van der Waals surface area contributed by atoms with Crippen molar-refractivity contribution in [2.45, 2.75) is 32.0 Å². The van der Waals surface area contributed by atoms with Crippen LogP contribution in [0.25, 0.3) is 0 Å². The summed E-state index contributed by atoms with van der Waals surface area (Å²) in [6.07, 6.45) is -3.36. The average Bonchev–Trinajstić information content (AvgIpc) is 2.74. The number of rotatable bonds is 4. The molecule has 1 aliphatic heterocycles. The van der Waals surface area contributed by atoms with E-state index in [2.05, 4.69) is 16.3 Å². The van der Waals surface area contributed by atoms with Gasteiger partial charge in [-0.05, 0) is 49.6 Å². The lowest BCUT2D eigenvalue weighted by Crippen LogP contribution is -2.39. The molecule has 0 radical (unpaired) electrons. The van der Waals surface area contributed by atoms with E-state index in [4.69, 9.17) is 4.74 Å². The SMILES string of the molecule is COC(=O)c1cc(NC2CCN(c3ccccc3C#N)CC2)c(C(F)(F)F)cc1C. The number of para-hydroxylation sites is 1. The first-order valence-corrected chi connectivity index (χ1v) is 9.55. The number of anilines is 2. The van der Waals surface area contributed by atoms with Gasteiger partial charge in [-0.25, -0.2) is 4.79 Å². The minimum Gasteiger partial charge on any atom is -0.465 e. The van der Waals surface area contributed by atoms with Crippen molar-refractivity contribution in [2.24, 2.45) is 0 Å². The zero-order valence-electron chi connectivity index (χ0n) is 16.7. The summed E-state index contributed by atoms with van der Waals surface area (Å²) in [7, 11) is 1.20. The predicted octanol–water partition coefficient (Wildman–Crippen LogP) is 4.75. The molecule has 0 aliphatic carbocycles. The van der Waals surface area contributed by atoms with Gasteiger partial charge in [0.05, 0.1) is 29.5 Å². The fourth-order valence-corrected chi connectivity index (χ4v) is 3.72. The van der Waals surface area contributed by atoms with Crippen molar-refractivity contribution >= 4 is 17.3 Å². The zero-order chi connectivity index (χ0) is 21.9. The molecule has 1 aliphatic rings. The number of carbonyl (C=O) groups is 1. The third-order valence-corrected chi connectivity index (χ3v) is 5.30. The summed E-state index contributed by atoms with van der Waals surface area (Å²) in [5.41, 5.74) is 0.799. The summed E-state index contributed by atoms with van der Waals surface area (Å²) in [5.74, 6) is -0.674. The Hall–Kier alpha value is -3.21. The Morgan fingerprint density at radius 1 is 1.23 bits per heavy atom. The summed E-state index contributed by atoms with van der Waals surface area (Å²) < 4.78 is 45.4. The van der Waals surface area contributed by atoms with Crippen LogP contribution < -0.4 is 10.2 Å². The number of ether oxygens (including phenoxy) is 1. The fraction of sp³-hybridized carbons (Fsp3) is 0.364. The lowest BCUT2D eigenvalue weighted by molar-refractivity contribution is -0.137. The van der Waals surface area contributed by atoms with Crippen molar-refractivity contribution in [3.05, 3.63) is 58.7 Å². The van der Waals surface area contributed by atoms with Gasteiger partial charge < -0.3 is 15.0 Å². The van der Waals surface area contributed by atoms with Crippen molar-refractivity contribution in [1.29, 1.82) is 5.26 Å². The maximum atomic E-state index is 13.6. The van der Waals surface area contributed by atoms with E-state index >= 15 is 0 Å². The third-order valence-electron chi connectivity index (χ3n) is 5.30. The van der Waals surface area contributed by atoms with Crippen molar-refractivity contribution in [3.8, 4) is 6.07 Å². The summed E-state index contributed by atoms with van der Waals surface area (Å²) >= 11 is 0. The molecule has 0 saturated carbocycles. The molecule has 2 aromatic rings. The van der Waals surface area contributed by atoms with Gasteiger partial charge in [-0.3, -0.25) is 0 Å². The molecule has 0 aromatic heterocycles. The molecule has 3 rings (SSSR count). The normalized spacial score (nSPS) is 14.9. The largest absolute Gasteiger partial charge is 0.465 e. The summed E-state index contributed by atoms with van der Waals surface area (Å²) in [5, 5.41) is 12.3. The van der Waals surface area contributed by atoms with E-state index in [0.717, 1.165) is 11.8 Å². The highest BCUT2D eigenvalue weighted by Gasteiger charge is 2.35. The number of hydrogen-bond acceptors (Lipinski definition) is 5. The lowest BCUT2D eigenvalue weighted by atomic mass is 9.99. The Labute approximate surface area is 173 Å². The predicted molar refractivity (Wildman–Crippen MR) is 108 cm³/mol. The molecule has 158 valence electrons. The Morgan fingerprint density at radius 3 is 2.50 bits per heavy atom. The standard InChI is InChI=1S/C22H22F3N3O2/c1-14-11-18(22(23,24)25)19(12-17(14)21(29)30-2)27-16-7-9-28(10-8-16)20-6-4-3-5-15(20)13-26/h3-6,11-12,16,27H,7-10H2,1-2H3. The van der Waals surface area contributed by atoms with E-state index < -0.39 is 17.7 Å². The van der Waals surface area contributed by atoms with Crippen molar-refractivity contribution < 1.29 is 22.7 Å². The van der Waals surface area contributed by atoms with E-state index in [-0.39, 0.29) is 22.9 Å². The van der Waals surface area contributed by atoms with Crippen LogP contribution in [0.5, 0.6) is 0 Å². The molecule has 5 nitrogen and oxygen atoms in total. The minimum atomic E-state index is -4.55. The molecule has 1 heterocycles. The second kappa shape index (κ2) is 8.66. The van der Waals surface area contributed by atoms with Crippen LogP contribution in [-0.4, -0.2) is 32.2 Å². The van der Waals surface area contributed by atoms with E-state index in [9.17, 15) is 23.2 Å². The monoisotopic (exact) mass is 417 g/mol. The zero-order valence-corrected chi connectivity index (χ0v) is 16.7. The first-order valence-electron chi connectivity index (χ1n) is 9.55. The molecule has 0 bridgehead atoms. The maximum Gasteiger partial charge on any atom is 0.418 e. The second-order valence-electron chi connectivity index (χ2n) is 7.24. The molecule has 2 aromatic carbocycles. The van der Waals surface area contributed by atoms with Crippen molar-refractivity contribution in [3.63, 3.8) is 0 Å². The Kier molecular flexibility index (Phi) is 6.20. The molecular weight excluding hydrogens is 395 g/mol. The van der Waals surface area contributed by atoms with Gasteiger partial charge in [-0.1, -0.05) is 12.1 Å². The maximum absolute atomic E-state index is 13.6. The molecule has 30 heavy (non-hydrogen) atoms. The van der Waals surface area contributed by atoms with E-state index in [1.165, 1.54) is 20.1 Å². The Morgan fingerprint density at radius 2 is 1.90 bits per heavy atom. The second-order valence-corrected chi connectivity index (χ2v) is 7.24. The van der Waals surface area contributed by atoms with E-state index in [0.29, 0.717) is 31.5 Å². The summed E-state index contributed by atoms with van der Waals surface area (Å²) in [6.45, 7) is 2.66. The van der Waals surface area contributed by atoms with Crippen LogP contribution in [0.4, 0.5) is 24.5 Å². The number of halogens is 3. The van der Waals surface area contributed by atoms with Crippen LogP contribution >= 0.6 is 0 Å². The number of alkyl halides is 3. The van der Waals surface area contributed by atoms with Crippen LogP contribution in [0.1, 0.15) is 39.9 Å². The third kappa shape index (κ3) is 4.51. The van der Waals surface area contributed by atoms with E-state index in [1.807, 2.05) is 12.1 Å². The van der Waals surface area contributed by atoms with Gasteiger partial charge >= 0.3 is 12.1 Å². The highest BCUT2D eigenvalue weighted by atomic mass is 19.4. The number of methoxy groups -OCH3 is 1. The molecule has 1 fully saturated rings. The number of carbonyl (C=O) groups excluding carboxylic acids is 1. The van der Waals surface area contributed by atoms with Gasteiger partial charge in [0.15, 0.2) is 0 Å². The van der Waals surface area contributed by atoms with Gasteiger partial charge in [0.2, 0.25) is 0 Å². The Balaban J connectivity index is 1.80. The molecular formula is C22H22F3N3O2. The average molecular weight is 417 g/mol. The van der Waals surface area contributed by atoms with Crippen LogP contribution in [0, 0.1) is 18.3 Å². The summed E-state index contributed by atoms with van der Waals surface area (Å²) in [4.78, 5) is 14.0. The number of benzene rings is 2. The topological polar surface area (TPSA) is 65.4 Å². The molecule has 0 amide bonds. The summed E-state index contributed by atoms with van der Waals surface area (Å²) in [6, 6.07) is 11.5. The highest BCUT2D eigenvalue weighted by Crippen LogP contribution is 2.38. The highest BCUT2D eigenvalue weighted by molar-refractivity contribution is 5.92. The van der Waals surface area contributed by atoms with Gasteiger partial charge in [0.1, 0.15) is 6.07 Å². The van der Waals surface area contributed by atoms with Gasteiger partial charge in [-0.2, -0.15) is 18.4 Å². The van der Waals surface area contributed by atoms with Crippen molar-refractivity contribution in [1.82, 2.24) is 0 Å². The smallest absolute Gasteiger partial charge is 0.418 e. The molecule has 8 heteroatoms. The molecule has 1 saturated heterocycles. The van der Waals surface area contributed by atoms with Crippen LogP contribution in [0.3, 0.4) is 0 Å². The van der Waals surface area contributed by atoms with Gasteiger partial charge in [0, 0.05) is 24.8 Å². The lowest BCUT2D eigenvalue weighted by Gasteiger charge is -2.35. The van der Waals surface area contributed by atoms with Gasteiger partial charge in [0.25, 0.3) is 0 Å². The number of nitriles is 1. The minimum absolute atomic E-state index is 0.105. The van der Waals surface area contributed by atoms with Crippen LogP contribution in [-0.2, 0) is 10.9 Å². The number of piperidine rings is 1. The first-order chi connectivity index (χ1) is 14.2. The number of nitrogens with one attached hydrogen (secondary N) is 1. The quantitative estimate of drug-likeness (QED) is 0.727. The molecule has 1 N–H and O–H groups in total. The Bertz CT molecular complexity index is 975. The number of nitrogens with zero attached hydrogens (tertiary/aromatic N) is 2. The van der Waals surface area contributed by atoms with Crippen LogP contribution in [0.2, 0.25) is 0 Å². The van der Waals surface area contributed by atoms with E-state index in [1.54, 1.807) is 12.1 Å². The van der Waals surface area contributed by atoms with Crippen molar-refractivity contribution in [2.75, 3.05) is 30.4 Å². The number of esters is 1. The molecule has 0 atom stereocenters. The molecule has 0 spiro atoms. The number of aryl methyl sites for hydroxylation is 1. The van der Waals surface area contributed by atoms with Crippen LogP contribution in [0.15, 0.2) is 36.4 Å². The van der Waals surface area contributed by atoms with Gasteiger partial charge in [-0.15, -0.1) is 0 Å².